The standard InChI is InChI=1S/C13H22N2O4/c1-8(10(16)15-13(2,3)12(18)19)14-11(17)9-6-4-5-7-9/h8-9H,4-7H2,1-3H3,(H,14,17)(H,15,16)(H,18,19). The Morgan fingerprint density at radius 2 is 1.74 bits per heavy atom. The monoisotopic (exact) mass is 270 g/mol. The molecule has 0 aromatic rings. The van der Waals surface area contributed by atoms with Crippen molar-refractivity contribution in [3.05, 3.63) is 0 Å². The summed E-state index contributed by atoms with van der Waals surface area (Å²) in [7, 11) is 0. The average molecular weight is 270 g/mol. The van der Waals surface area contributed by atoms with Crippen molar-refractivity contribution in [3.63, 3.8) is 0 Å². The SMILES string of the molecule is CC(NC(=O)C1CCCC1)C(=O)NC(C)(C)C(=O)O. The van der Waals surface area contributed by atoms with Crippen LogP contribution >= 0.6 is 0 Å². The normalized spacial score (nSPS) is 17.8. The van der Waals surface area contributed by atoms with E-state index in [9.17, 15) is 14.4 Å². The van der Waals surface area contributed by atoms with Crippen LogP contribution in [-0.4, -0.2) is 34.5 Å². The van der Waals surface area contributed by atoms with Crippen LogP contribution in [0.15, 0.2) is 0 Å². The lowest BCUT2D eigenvalue weighted by atomic mass is 10.0. The summed E-state index contributed by atoms with van der Waals surface area (Å²) >= 11 is 0. The van der Waals surface area contributed by atoms with Crippen LogP contribution in [0.4, 0.5) is 0 Å². The molecule has 19 heavy (non-hydrogen) atoms. The highest BCUT2D eigenvalue weighted by molar-refractivity contribution is 5.91. The molecule has 2 amide bonds. The first-order chi connectivity index (χ1) is 8.74. The second kappa shape index (κ2) is 6.04. The Balaban J connectivity index is 2.48. The first-order valence-electron chi connectivity index (χ1n) is 6.60. The van der Waals surface area contributed by atoms with Gasteiger partial charge in [-0.1, -0.05) is 12.8 Å². The van der Waals surface area contributed by atoms with Crippen LogP contribution in [0, 0.1) is 5.92 Å². The number of carbonyl (C=O) groups excluding carboxylic acids is 2. The topological polar surface area (TPSA) is 95.5 Å². The molecule has 6 nitrogen and oxygen atoms in total. The minimum atomic E-state index is -1.34. The average Bonchev–Trinajstić information content (AvgIpc) is 2.81. The molecule has 1 saturated carbocycles. The molecule has 0 aliphatic heterocycles. The van der Waals surface area contributed by atoms with Crippen LogP contribution in [0.1, 0.15) is 46.5 Å². The number of nitrogens with one attached hydrogen (secondary N) is 2. The molecule has 108 valence electrons. The third-order valence-electron chi connectivity index (χ3n) is 3.45. The lowest BCUT2D eigenvalue weighted by molar-refractivity contribution is -0.146. The van der Waals surface area contributed by atoms with Gasteiger partial charge in [-0.05, 0) is 33.6 Å². The van der Waals surface area contributed by atoms with Gasteiger partial charge in [0.15, 0.2) is 0 Å². The van der Waals surface area contributed by atoms with E-state index in [1.165, 1.54) is 13.8 Å². The van der Waals surface area contributed by atoms with Gasteiger partial charge in [0.2, 0.25) is 11.8 Å². The van der Waals surface area contributed by atoms with Crippen molar-refractivity contribution < 1.29 is 19.5 Å². The highest BCUT2D eigenvalue weighted by Crippen LogP contribution is 2.24. The van der Waals surface area contributed by atoms with Crippen molar-refractivity contribution in [2.45, 2.75) is 58.0 Å². The Morgan fingerprint density at radius 3 is 2.21 bits per heavy atom. The molecule has 0 radical (unpaired) electrons. The zero-order valence-corrected chi connectivity index (χ0v) is 11.7. The quantitative estimate of drug-likeness (QED) is 0.684. The summed E-state index contributed by atoms with van der Waals surface area (Å²) in [5.74, 6) is -1.73. The number of aliphatic carboxylic acids is 1. The van der Waals surface area contributed by atoms with E-state index in [-0.39, 0.29) is 11.8 Å². The van der Waals surface area contributed by atoms with Crippen molar-refractivity contribution in [2.75, 3.05) is 0 Å². The molecule has 1 aliphatic rings. The van der Waals surface area contributed by atoms with E-state index in [1.807, 2.05) is 0 Å². The fraction of sp³-hybridized carbons (Fsp3) is 0.769. The molecule has 1 atom stereocenters. The van der Waals surface area contributed by atoms with Gasteiger partial charge < -0.3 is 15.7 Å². The molecule has 3 N–H and O–H groups in total. The van der Waals surface area contributed by atoms with Gasteiger partial charge in [-0.25, -0.2) is 4.79 Å². The summed E-state index contributed by atoms with van der Waals surface area (Å²) in [6.45, 7) is 4.36. The van der Waals surface area contributed by atoms with E-state index in [0.717, 1.165) is 25.7 Å². The summed E-state index contributed by atoms with van der Waals surface area (Å²) in [6.07, 6.45) is 3.82. The first-order valence-corrected chi connectivity index (χ1v) is 6.60. The number of carboxylic acids is 1. The molecule has 0 saturated heterocycles. The minimum absolute atomic E-state index is 0.0114. The Hall–Kier alpha value is -1.59. The summed E-state index contributed by atoms with van der Waals surface area (Å²) in [4.78, 5) is 34.6. The number of carbonyl (C=O) groups is 3. The molecule has 0 bridgehead atoms. The Labute approximate surface area is 112 Å². The summed E-state index contributed by atoms with van der Waals surface area (Å²) in [5.41, 5.74) is -1.34. The first kappa shape index (κ1) is 15.5. The van der Waals surface area contributed by atoms with Crippen molar-refractivity contribution in [1.29, 1.82) is 0 Å². The Bertz CT molecular complexity index is 373. The van der Waals surface area contributed by atoms with Gasteiger partial charge in [0.05, 0.1) is 0 Å². The van der Waals surface area contributed by atoms with Crippen LogP contribution < -0.4 is 10.6 Å². The minimum Gasteiger partial charge on any atom is -0.480 e. The fourth-order valence-electron chi connectivity index (χ4n) is 2.05. The number of carboxylic acid groups (broad SMARTS) is 1. The molecule has 1 unspecified atom stereocenters. The Morgan fingerprint density at radius 1 is 1.21 bits per heavy atom. The van der Waals surface area contributed by atoms with Gasteiger partial charge in [-0.15, -0.1) is 0 Å². The Kier molecular flexibility index (Phi) is 4.91. The zero-order chi connectivity index (χ0) is 14.6. The summed E-state index contributed by atoms with van der Waals surface area (Å²) in [6, 6.07) is -0.730. The van der Waals surface area contributed by atoms with Crippen LogP contribution in [0.25, 0.3) is 0 Å². The molecular formula is C13H22N2O4. The smallest absolute Gasteiger partial charge is 0.328 e. The van der Waals surface area contributed by atoms with Crippen LogP contribution in [-0.2, 0) is 14.4 Å². The predicted octanol–water partition coefficient (Wildman–Crippen LogP) is 0.661. The van der Waals surface area contributed by atoms with Gasteiger partial charge in [0.1, 0.15) is 11.6 Å². The number of hydrogen-bond donors (Lipinski definition) is 3. The molecule has 1 fully saturated rings. The van der Waals surface area contributed by atoms with Crippen LogP contribution in [0.2, 0.25) is 0 Å². The molecule has 0 spiro atoms. The number of rotatable bonds is 5. The maximum atomic E-state index is 11.9. The van der Waals surface area contributed by atoms with Gasteiger partial charge in [-0.2, -0.15) is 0 Å². The van der Waals surface area contributed by atoms with Crippen LogP contribution in [0.5, 0.6) is 0 Å². The number of hydrogen-bond acceptors (Lipinski definition) is 3. The molecule has 0 heterocycles. The number of amides is 2. The van der Waals surface area contributed by atoms with Crippen molar-refractivity contribution in [3.8, 4) is 0 Å². The molecule has 0 aromatic carbocycles. The highest BCUT2D eigenvalue weighted by atomic mass is 16.4. The summed E-state index contributed by atoms with van der Waals surface area (Å²) in [5, 5.41) is 14.0. The van der Waals surface area contributed by atoms with E-state index in [4.69, 9.17) is 5.11 Å². The third-order valence-corrected chi connectivity index (χ3v) is 3.45. The predicted molar refractivity (Wildman–Crippen MR) is 69.4 cm³/mol. The van der Waals surface area contributed by atoms with E-state index in [2.05, 4.69) is 10.6 Å². The molecule has 6 heteroatoms. The fourth-order valence-corrected chi connectivity index (χ4v) is 2.05. The second-order valence-corrected chi connectivity index (χ2v) is 5.63. The lowest BCUT2D eigenvalue weighted by Crippen LogP contribution is -2.55. The van der Waals surface area contributed by atoms with Gasteiger partial charge in [0, 0.05) is 5.92 Å². The molecular weight excluding hydrogens is 248 g/mol. The van der Waals surface area contributed by atoms with E-state index < -0.39 is 23.5 Å². The van der Waals surface area contributed by atoms with Gasteiger partial charge >= 0.3 is 5.97 Å². The van der Waals surface area contributed by atoms with E-state index >= 15 is 0 Å². The van der Waals surface area contributed by atoms with Crippen molar-refractivity contribution in [2.24, 2.45) is 5.92 Å². The van der Waals surface area contributed by atoms with Crippen molar-refractivity contribution in [1.82, 2.24) is 10.6 Å². The third kappa shape index (κ3) is 4.22. The zero-order valence-electron chi connectivity index (χ0n) is 11.7. The summed E-state index contributed by atoms with van der Waals surface area (Å²) < 4.78 is 0. The highest BCUT2D eigenvalue weighted by Gasteiger charge is 2.32. The molecule has 1 rings (SSSR count). The van der Waals surface area contributed by atoms with E-state index in [0.29, 0.717) is 0 Å². The van der Waals surface area contributed by atoms with Gasteiger partial charge in [0.25, 0.3) is 0 Å². The lowest BCUT2D eigenvalue weighted by Gasteiger charge is -2.24. The second-order valence-electron chi connectivity index (χ2n) is 5.63. The largest absolute Gasteiger partial charge is 0.480 e. The molecule has 1 aliphatic carbocycles. The van der Waals surface area contributed by atoms with Crippen molar-refractivity contribution >= 4 is 17.8 Å². The van der Waals surface area contributed by atoms with Gasteiger partial charge in [-0.3, -0.25) is 9.59 Å². The molecule has 0 aromatic heterocycles. The maximum Gasteiger partial charge on any atom is 0.328 e. The van der Waals surface area contributed by atoms with E-state index in [1.54, 1.807) is 6.92 Å². The maximum absolute atomic E-state index is 11.9. The van der Waals surface area contributed by atoms with Crippen LogP contribution in [0.3, 0.4) is 0 Å².